The number of rotatable bonds is 9. The van der Waals surface area contributed by atoms with Crippen LogP contribution in [-0.4, -0.2) is 46.8 Å². The van der Waals surface area contributed by atoms with Gasteiger partial charge in [0.1, 0.15) is 11.8 Å². The lowest BCUT2D eigenvalue weighted by molar-refractivity contribution is -0.139. The van der Waals surface area contributed by atoms with Crippen molar-refractivity contribution >= 4 is 17.8 Å². The molecule has 4 rings (SSSR count). The molecule has 0 radical (unpaired) electrons. The molecular formula is C27H29F3N4O4. The first kappa shape index (κ1) is 27.0. The van der Waals surface area contributed by atoms with Crippen LogP contribution in [0.5, 0.6) is 0 Å². The van der Waals surface area contributed by atoms with Gasteiger partial charge in [-0.3, -0.25) is 14.5 Å². The van der Waals surface area contributed by atoms with Crippen molar-refractivity contribution in [1.82, 2.24) is 20.4 Å². The highest BCUT2D eigenvalue weighted by Gasteiger charge is 2.48. The number of benzene rings is 1. The molecule has 2 aromatic rings. The van der Waals surface area contributed by atoms with Gasteiger partial charge in [0.2, 0.25) is 5.91 Å². The Balaban J connectivity index is 1.72. The molecule has 202 valence electrons. The first-order valence-electron chi connectivity index (χ1n) is 12.2. The van der Waals surface area contributed by atoms with E-state index < -0.39 is 41.7 Å². The van der Waals surface area contributed by atoms with E-state index in [-0.39, 0.29) is 42.4 Å². The number of urea groups is 1. The second-order valence-electron chi connectivity index (χ2n) is 9.60. The smallest absolute Gasteiger partial charge is 0.416 e. The lowest BCUT2D eigenvalue weighted by Crippen LogP contribution is -2.49. The van der Waals surface area contributed by atoms with Gasteiger partial charge in [-0.15, -0.1) is 6.58 Å². The lowest BCUT2D eigenvalue weighted by atomic mass is 9.91. The van der Waals surface area contributed by atoms with Crippen molar-refractivity contribution in [1.29, 1.82) is 0 Å². The summed E-state index contributed by atoms with van der Waals surface area (Å²) in [5.74, 6) is -0.479. The molecule has 11 heteroatoms. The topological polar surface area (TPSA) is 94.9 Å². The first-order valence-corrected chi connectivity index (χ1v) is 12.2. The van der Waals surface area contributed by atoms with Gasteiger partial charge in [0.15, 0.2) is 0 Å². The van der Waals surface area contributed by atoms with Crippen LogP contribution < -0.4 is 10.6 Å². The van der Waals surface area contributed by atoms with Crippen LogP contribution in [0.4, 0.5) is 18.0 Å². The van der Waals surface area contributed by atoms with Crippen LogP contribution in [0.25, 0.3) is 0 Å². The van der Waals surface area contributed by atoms with Crippen LogP contribution in [0.1, 0.15) is 43.2 Å². The number of halogens is 3. The highest BCUT2D eigenvalue weighted by atomic mass is 19.4. The Hall–Kier alpha value is -4.02. The van der Waals surface area contributed by atoms with Gasteiger partial charge in [-0.05, 0) is 36.1 Å². The number of furan rings is 1. The molecule has 0 saturated carbocycles. The molecule has 0 aliphatic carbocycles. The van der Waals surface area contributed by atoms with E-state index in [0.29, 0.717) is 12.2 Å². The Morgan fingerprint density at radius 2 is 1.97 bits per heavy atom. The molecule has 2 aliphatic heterocycles. The van der Waals surface area contributed by atoms with Crippen LogP contribution in [0, 0.1) is 5.92 Å². The Kier molecular flexibility index (Phi) is 7.66. The van der Waals surface area contributed by atoms with Gasteiger partial charge in [0, 0.05) is 6.54 Å². The molecule has 0 fully saturated rings. The van der Waals surface area contributed by atoms with Gasteiger partial charge >= 0.3 is 12.2 Å². The summed E-state index contributed by atoms with van der Waals surface area (Å²) < 4.78 is 46.9. The van der Waals surface area contributed by atoms with Crippen molar-refractivity contribution in [2.75, 3.05) is 13.1 Å². The number of alkyl halides is 3. The van der Waals surface area contributed by atoms with Gasteiger partial charge in [0.05, 0.1) is 42.2 Å². The fourth-order valence-electron chi connectivity index (χ4n) is 4.86. The maximum atomic E-state index is 13.9. The summed E-state index contributed by atoms with van der Waals surface area (Å²) in [5.41, 5.74) is -0.920. The number of amides is 4. The third-order valence-corrected chi connectivity index (χ3v) is 6.53. The minimum Gasteiger partial charge on any atom is -0.467 e. The summed E-state index contributed by atoms with van der Waals surface area (Å²) in [6, 6.07) is 5.33. The van der Waals surface area contributed by atoms with Crippen molar-refractivity contribution in [2.24, 2.45) is 5.92 Å². The summed E-state index contributed by atoms with van der Waals surface area (Å²) in [6.07, 6.45) is -1.45. The maximum Gasteiger partial charge on any atom is 0.416 e. The van der Waals surface area contributed by atoms with E-state index in [1.807, 2.05) is 13.8 Å². The molecule has 2 unspecified atom stereocenters. The third-order valence-electron chi connectivity index (χ3n) is 6.53. The summed E-state index contributed by atoms with van der Waals surface area (Å²) in [7, 11) is 0. The molecule has 4 amide bonds. The number of carbonyl (C=O) groups excluding carboxylic acids is 3. The van der Waals surface area contributed by atoms with E-state index in [2.05, 4.69) is 17.2 Å². The normalized spacial score (nSPS) is 18.5. The fourth-order valence-corrected chi connectivity index (χ4v) is 4.86. The van der Waals surface area contributed by atoms with Crippen molar-refractivity contribution in [3.63, 3.8) is 0 Å². The quantitative estimate of drug-likeness (QED) is 0.471. The fraction of sp³-hybridized carbons (Fsp3) is 0.370. The first-order chi connectivity index (χ1) is 18.0. The molecule has 38 heavy (non-hydrogen) atoms. The molecule has 0 spiro atoms. The van der Waals surface area contributed by atoms with Crippen LogP contribution >= 0.6 is 0 Å². The van der Waals surface area contributed by atoms with Crippen molar-refractivity contribution in [3.05, 3.63) is 83.5 Å². The van der Waals surface area contributed by atoms with Crippen LogP contribution in [0.2, 0.25) is 0 Å². The van der Waals surface area contributed by atoms with Gasteiger partial charge in [0.25, 0.3) is 5.91 Å². The monoisotopic (exact) mass is 530 g/mol. The van der Waals surface area contributed by atoms with Crippen molar-refractivity contribution < 1.29 is 32.0 Å². The molecule has 0 bridgehead atoms. The van der Waals surface area contributed by atoms with E-state index in [0.717, 1.165) is 6.07 Å². The van der Waals surface area contributed by atoms with Crippen LogP contribution in [0.3, 0.4) is 0 Å². The van der Waals surface area contributed by atoms with E-state index in [1.54, 1.807) is 12.1 Å². The second kappa shape index (κ2) is 10.8. The average molecular weight is 531 g/mol. The summed E-state index contributed by atoms with van der Waals surface area (Å²) >= 11 is 0. The molecule has 1 aromatic heterocycles. The van der Waals surface area contributed by atoms with Crippen molar-refractivity contribution in [3.8, 4) is 0 Å². The molecule has 2 aliphatic rings. The minimum absolute atomic E-state index is 0.00995. The Morgan fingerprint density at radius 1 is 1.24 bits per heavy atom. The van der Waals surface area contributed by atoms with Crippen LogP contribution in [0.15, 0.2) is 71.0 Å². The van der Waals surface area contributed by atoms with E-state index in [4.69, 9.17) is 4.42 Å². The van der Waals surface area contributed by atoms with Crippen LogP contribution in [-0.2, 0) is 22.3 Å². The zero-order chi connectivity index (χ0) is 27.6. The largest absolute Gasteiger partial charge is 0.467 e. The molecular weight excluding hydrogens is 501 g/mol. The molecule has 1 aromatic carbocycles. The highest BCUT2D eigenvalue weighted by Crippen LogP contribution is 2.42. The predicted molar refractivity (Wildman–Crippen MR) is 132 cm³/mol. The zero-order valence-electron chi connectivity index (χ0n) is 21.0. The second-order valence-corrected chi connectivity index (χ2v) is 9.60. The summed E-state index contributed by atoms with van der Waals surface area (Å²) in [6.45, 7) is 7.50. The van der Waals surface area contributed by atoms with Gasteiger partial charge in [-0.1, -0.05) is 38.1 Å². The van der Waals surface area contributed by atoms with E-state index in [1.165, 1.54) is 40.3 Å². The molecule has 2 atom stereocenters. The SMILES string of the molecule is C=CCN1C(=O)NC(c2ccccc2C(F)(F)F)C2=C1CN(C(CC(C)C)C(=O)NCc1ccco1)C2=O. The number of nitrogens with zero attached hydrogens (tertiary/aromatic N) is 2. The number of hydrogen-bond donors (Lipinski definition) is 2. The average Bonchev–Trinajstić information content (AvgIpc) is 3.50. The van der Waals surface area contributed by atoms with Gasteiger partial charge < -0.3 is 20.0 Å². The van der Waals surface area contributed by atoms with E-state index in [9.17, 15) is 27.6 Å². The standard InChI is InChI=1S/C27H29F3N4O4/c1-4-11-33-21-15-34(20(13-16(2)3)24(35)31-14-17-8-7-12-38-17)25(36)22(21)23(32-26(33)37)18-9-5-6-10-19(18)27(28,29)30/h4-10,12,16,20,23H,1,11,13-15H2,2-3H3,(H,31,35)(H,32,37). The molecule has 3 heterocycles. The maximum absolute atomic E-state index is 13.9. The van der Waals surface area contributed by atoms with Crippen molar-refractivity contribution in [2.45, 2.75) is 45.1 Å². The predicted octanol–water partition coefficient (Wildman–Crippen LogP) is 4.38. The van der Waals surface area contributed by atoms with E-state index >= 15 is 0 Å². The Bertz CT molecular complexity index is 1250. The minimum atomic E-state index is -4.70. The van der Waals surface area contributed by atoms with Gasteiger partial charge in [-0.25, -0.2) is 4.79 Å². The number of nitrogens with one attached hydrogen (secondary N) is 2. The summed E-state index contributed by atoms with van der Waals surface area (Å²) in [4.78, 5) is 42.8. The molecule has 2 N–H and O–H groups in total. The summed E-state index contributed by atoms with van der Waals surface area (Å²) in [5, 5.41) is 5.36. The Morgan fingerprint density at radius 3 is 2.61 bits per heavy atom. The molecule has 8 nitrogen and oxygen atoms in total. The molecule has 0 saturated heterocycles. The highest BCUT2D eigenvalue weighted by molar-refractivity contribution is 6.03. The Labute approximate surface area is 218 Å². The van der Waals surface area contributed by atoms with Gasteiger partial charge in [-0.2, -0.15) is 13.2 Å². The zero-order valence-corrected chi connectivity index (χ0v) is 21.0. The number of hydrogen-bond acceptors (Lipinski definition) is 4. The third kappa shape index (κ3) is 5.32. The lowest BCUT2D eigenvalue weighted by Gasteiger charge is -2.33. The number of carbonyl (C=O) groups is 3.